The minimum atomic E-state index is -3.95. The number of sulfonamides is 1. The fraction of sp³-hybridized carbons (Fsp3) is 0.136. The number of benzene rings is 3. The van der Waals surface area contributed by atoms with Gasteiger partial charge in [-0.1, -0.05) is 24.3 Å². The van der Waals surface area contributed by atoms with E-state index in [9.17, 15) is 18.3 Å². The van der Waals surface area contributed by atoms with Crippen LogP contribution in [-0.2, 0) is 10.0 Å². The number of aromatic hydroxyl groups is 1. The lowest BCUT2D eigenvalue weighted by Gasteiger charge is -2.12. The van der Waals surface area contributed by atoms with E-state index in [0.717, 1.165) is 23.4 Å². The molecule has 0 bridgehead atoms. The molecule has 0 aliphatic carbocycles. The Morgan fingerprint density at radius 2 is 1.67 bits per heavy atom. The molecule has 0 aliphatic rings. The molecule has 3 aromatic rings. The van der Waals surface area contributed by atoms with Crippen molar-refractivity contribution >= 4 is 21.7 Å². The summed E-state index contributed by atoms with van der Waals surface area (Å²) in [6, 6.07) is 17.2. The van der Waals surface area contributed by atoms with E-state index in [-0.39, 0.29) is 22.3 Å². The Bertz CT molecular complexity index is 1170. The van der Waals surface area contributed by atoms with E-state index in [4.69, 9.17) is 9.84 Å². The van der Waals surface area contributed by atoms with Gasteiger partial charge in [0.2, 0.25) is 0 Å². The molecule has 0 amide bonds. The number of carboxylic acids is 1. The number of carbonyl (C=O) groups is 1. The molecule has 0 radical (unpaired) electrons. The number of phenols is 1. The van der Waals surface area contributed by atoms with E-state index >= 15 is 0 Å². The summed E-state index contributed by atoms with van der Waals surface area (Å²) in [5.41, 5.74) is 1.27. The largest absolute Gasteiger partial charge is 0.507 e. The van der Waals surface area contributed by atoms with Crippen molar-refractivity contribution in [2.45, 2.75) is 24.8 Å². The molecule has 0 atom stereocenters. The summed E-state index contributed by atoms with van der Waals surface area (Å²) in [5.74, 6) is -1.11. The molecular formula is C22H21NO6S. The minimum absolute atomic E-state index is 0.0318. The van der Waals surface area contributed by atoms with Crippen molar-refractivity contribution in [1.82, 2.24) is 0 Å². The van der Waals surface area contributed by atoms with Gasteiger partial charge in [-0.25, -0.2) is 13.2 Å². The predicted molar refractivity (Wildman–Crippen MR) is 114 cm³/mol. The highest BCUT2D eigenvalue weighted by Gasteiger charge is 2.17. The lowest BCUT2D eigenvalue weighted by molar-refractivity contribution is 0.0693. The van der Waals surface area contributed by atoms with Crippen LogP contribution in [0.15, 0.2) is 71.6 Å². The Morgan fingerprint density at radius 3 is 2.27 bits per heavy atom. The van der Waals surface area contributed by atoms with Crippen LogP contribution < -0.4 is 9.46 Å². The first-order valence-electron chi connectivity index (χ1n) is 9.12. The Kier molecular flexibility index (Phi) is 5.98. The Labute approximate surface area is 174 Å². The minimum Gasteiger partial charge on any atom is -0.507 e. The predicted octanol–water partition coefficient (Wildman–Crippen LogP) is 4.35. The van der Waals surface area contributed by atoms with E-state index < -0.39 is 21.7 Å². The second-order valence-corrected chi connectivity index (χ2v) is 8.54. The summed E-state index contributed by atoms with van der Waals surface area (Å²) in [6.07, 6.45) is 0.0550. The van der Waals surface area contributed by atoms with Gasteiger partial charge >= 0.3 is 5.97 Å². The molecule has 3 aromatic carbocycles. The number of aromatic carboxylic acids is 1. The first-order valence-corrected chi connectivity index (χ1v) is 10.6. The molecule has 0 saturated carbocycles. The normalized spacial score (nSPS) is 11.3. The highest BCUT2D eigenvalue weighted by Crippen LogP contribution is 2.27. The highest BCUT2D eigenvalue weighted by molar-refractivity contribution is 7.92. The second-order valence-electron chi connectivity index (χ2n) is 6.86. The number of nitrogens with one attached hydrogen (secondary N) is 1. The van der Waals surface area contributed by atoms with Crippen LogP contribution in [0, 0.1) is 0 Å². The third-order valence-electron chi connectivity index (χ3n) is 4.18. The van der Waals surface area contributed by atoms with Crippen LogP contribution in [0.2, 0.25) is 0 Å². The molecule has 0 saturated heterocycles. The molecule has 8 heteroatoms. The maximum atomic E-state index is 12.8. The molecule has 0 unspecified atom stereocenters. The van der Waals surface area contributed by atoms with Gasteiger partial charge in [-0.15, -0.1) is 0 Å². The molecule has 3 N–H and O–H groups in total. The third kappa shape index (κ3) is 4.90. The fourth-order valence-corrected chi connectivity index (χ4v) is 3.93. The molecule has 0 heterocycles. The van der Waals surface area contributed by atoms with Crippen molar-refractivity contribution in [3.8, 4) is 22.6 Å². The maximum Gasteiger partial charge on any atom is 0.339 e. The van der Waals surface area contributed by atoms with E-state index in [1.807, 2.05) is 38.1 Å². The van der Waals surface area contributed by atoms with Gasteiger partial charge < -0.3 is 14.9 Å². The van der Waals surface area contributed by atoms with Gasteiger partial charge in [0.05, 0.1) is 16.7 Å². The summed E-state index contributed by atoms with van der Waals surface area (Å²) in [7, 11) is -3.95. The Balaban J connectivity index is 1.85. The van der Waals surface area contributed by atoms with Crippen molar-refractivity contribution in [2.75, 3.05) is 4.72 Å². The molecule has 30 heavy (non-hydrogen) atoms. The van der Waals surface area contributed by atoms with Crippen LogP contribution in [0.1, 0.15) is 24.2 Å². The average molecular weight is 427 g/mol. The number of anilines is 1. The maximum absolute atomic E-state index is 12.8. The van der Waals surface area contributed by atoms with Gasteiger partial charge in [-0.2, -0.15) is 0 Å². The SMILES string of the molecule is CC(C)Oc1ccc(-c2cccc(S(=O)(=O)Nc3ccc(C(=O)O)c(O)c3)c2)cc1. The van der Waals surface area contributed by atoms with Gasteiger partial charge in [0, 0.05) is 6.07 Å². The zero-order valence-corrected chi connectivity index (χ0v) is 17.2. The van der Waals surface area contributed by atoms with Crippen molar-refractivity contribution < 1.29 is 28.2 Å². The summed E-state index contributed by atoms with van der Waals surface area (Å²) in [4.78, 5) is 11.0. The van der Waals surface area contributed by atoms with E-state index in [1.54, 1.807) is 12.1 Å². The van der Waals surface area contributed by atoms with Gasteiger partial charge in [0.25, 0.3) is 10.0 Å². The van der Waals surface area contributed by atoms with Crippen LogP contribution in [0.25, 0.3) is 11.1 Å². The number of rotatable bonds is 7. The van der Waals surface area contributed by atoms with Crippen LogP contribution in [-0.4, -0.2) is 30.7 Å². The number of ether oxygens (including phenoxy) is 1. The highest BCUT2D eigenvalue weighted by atomic mass is 32.2. The van der Waals surface area contributed by atoms with E-state index in [2.05, 4.69) is 4.72 Å². The molecule has 0 aliphatic heterocycles. The average Bonchev–Trinajstić information content (AvgIpc) is 2.68. The molecule has 3 rings (SSSR count). The summed E-state index contributed by atoms with van der Waals surface area (Å²) in [5, 5.41) is 18.7. The second kappa shape index (κ2) is 8.46. The fourth-order valence-electron chi connectivity index (χ4n) is 2.83. The lowest BCUT2D eigenvalue weighted by Crippen LogP contribution is -2.13. The third-order valence-corrected chi connectivity index (χ3v) is 5.56. The summed E-state index contributed by atoms with van der Waals surface area (Å²) >= 11 is 0. The topological polar surface area (TPSA) is 113 Å². The smallest absolute Gasteiger partial charge is 0.339 e. The monoisotopic (exact) mass is 427 g/mol. The van der Waals surface area contributed by atoms with E-state index in [1.165, 1.54) is 18.2 Å². The Morgan fingerprint density at radius 1 is 0.967 bits per heavy atom. The van der Waals surface area contributed by atoms with Crippen molar-refractivity contribution in [2.24, 2.45) is 0 Å². The van der Waals surface area contributed by atoms with Crippen molar-refractivity contribution in [3.63, 3.8) is 0 Å². The molecular weight excluding hydrogens is 406 g/mol. The molecule has 156 valence electrons. The zero-order valence-electron chi connectivity index (χ0n) is 16.4. The van der Waals surface area contributed by atoms with Crippen LogP contribution in [0.3, 0.4) is 0 Å². The van der Waals surface area contributed by atoms with E-state index in [0.29, 0.717) is 5.56 Å². The molecule has 7 nitrogen and oxygen atoms in total. The first-order chi connectivity index (χ1) is 14.2. The van der Waals surface area contributed by atoms with Crippen molar-refractivity contribution in [3.05, 3.63) is 72.3 Å². The van der Waals surface area contributed by atoms with Gasteiger partial charge in [-0.3, -0.25) is 4.72 Å². The molecule has 0 aromatic heterocycles. The standard InChI is InChI=1S/C22H21NO6S/c1-14(2)29-18-9-6-15(7-10-18)16-4-3-5-19(12-16)30(27,28)23-17-8-11-20(22(25)26)21(24)13-17/h3-14,23-24H,1-2H3,(H,25,26). The van der Waals surface area contributed by atoms with Crippen LogP contribution in [0.4, 0.5) is 5.69 Å². The summed E-state index contributed by atoms with van der Waals surface area (Å²) < 4.78 is 33.5. The van der Waals surface area contributed by atoms with Gasteiger partial charge in [0.1, 0.15) is 17.1 Å². The number of carboxylic acid groups (broad SMARTS) is 1. The zero-order chi connectivity index (χ0) is 21.9. The Hall–Kier alpha value is -3.52. The number of hydrogen-bond acceptors (Lipinski definition) is 5. The quantitative estimate of drug-likeness (QED) is 0.517. The van der Waals surface area contributed by atoms with Gasteiger partial charge in [0.15, 0.2) is 0 Å². The van der Waals surface area contributed by atoms with Crippen LogP contribution in [0.5, 0.6) is 11.5 Å². The lowest BCUT2D eigenvalue weighted by atomic mass is 10.1. The first kappa shape index (κ1) is 21.2. The van der Waals surface area contributed by atoms with Crippen molar-refractivity contribution in [1.29, 1.82) is 0 Å². The van der Waals surface area contributed by atoms with Crippen LogP contribution >= 0.6 is 0 Å². The summed E-state index contributed by atoms with van der Waals surface area (Å²) in [6.45, 7) is 3.87. The molecule has 0 fully saturated rings. The number of hydrogen-bond donors (Lipinski definition) is 3. The van der Waals surface area contributed by atoms with Gasteiger partial charge in [-0.05, 0) is 61.4 Å². The molecule has 0 spiro atoms.